The fourth-order valence-electron chi connectivity index (χ4n) is 3.28. The predicted octanol–water partition coefficient (Wildman–Crippen LogP) is 0.676. The number of nitrogen functional groups attached to an aromatic ring is 1. The average Bonchev–Trinajstić information content (AvgIpc) is 2.92. The molecule has 3 heterocycles. The van der Waals surface area contributed by atoms with Crippen molar-refractivity contribution in [2.24, 2.45) is 5.84 Å². The molecule has 2 aliphatic rings. The molecule has 0 aliphatic carbocycles. The third kappa shape index (κ3) is 2.36. The van der Waals surface area contributed by atoms with E-state index in [9.17, 15) is 4.79 Å². The van der Waals surface area contributed by atoms with Crippen LogP contribution in [0.2, 0.25) is 0 Å². The van der Waals surface area contributed by atoms with E-state index in [-0.39, 0.29) is 11.9 Å². The Labute approximate surface area is 118 Å². The Morgan fingerprint density at radius 1 is 1.50 bits per heavy atom. The summed E-state index contributed by atoms with van der Waals surface area (Å²) in [6.07, 6.45) is 4.05. The lowest BCUT2D eigenvalue weighted by molar-refractivity contribution is 0.0395. The van der Waals surface area contributed by atoms with Gasteiger partial charge in [0.15, 0.2) is 0 Å². The molecule has 3 rings (SSSR count). The van der Waals surface area contributed by atoms with Crippen LogP contribution in [0.3, 0.4) is 0 Å². The van der Waals surface area contributed by atoms with Crippen molar-refractivity contribution in [1.82, 2.24) is 14.8 Å². The highest BCUT2D eigenvalue weighted by molar-refractivity contribution is 5.95. The third-order valence-electron chi connectivity index (χ3n) is 4.35. The minimum absolute atomic E-state index is 0.0722. The van der Waals surface area contributed by atoms with Crippen LogP contribution in [-0.2, 0) is 0 Å². The standard InChI is InChI=1S/C14H21N5O/c1-10-8-18-6-2-3-12(18)9-19(10)14(20)11-4-5-16-13(7-11)17-15/h4-5,7,10,12H,2-3,6,8-9,15H2,1H3,(H,16,17). The number of fused-ring (bicyclic) bond motifs is 1. The van der Waals surface area contributed by atoms with Gasteiger partial charge in [0.2, 0.25) is 0 Å². The molecule has 2 saturated heterocycles. The second-order valence-electron chi connectivity index (χ2n) is 5.67. The number of carbonyl (C=O) groups excluding carboxylic acids is 1. The van der Waals surface area contributed by atoms with Gasteiger partial charge in [0, 0.05) is 36.9 Å². The zero-order valence-corrected chi connectivity index (χ0v) is 11.7. The van der Waals surface area contributed by atoms with Crippen LogP contribution in [0.15, 0.2) is 18.3 Å². The van der Waals surface area contributed by atoms with Crippen LogP contribution < -0.4 is 11.3 Å². The average molecular weight is 275 g/mol. The number of hydrogen-bond acceptors (Lipinski definition) is 5. The lowest BCUT2D eigenvalue weighted by Gasteiger charge is -2.42. The molecule has 6 heteroatoms. The SMILES string of the molecule is CC1CN2CCCC2CN1C(=O)c1ccnc(NN)c1. The Bertz CT molecular complexity index is 506. The fraction of sp³-hybridized carbons (Fsp3) is 0.571. The van der Waals surface area contributed by atoms with Crippen molar-refractivity contribution in [3.63, 3.8) is 0 Å². The topological polar surface area (TPSA) is 74.5 Å². The van der Waals surface area contributed by atoms with Crippen LogP contribution in [0.4, 0.5) is 5.82 Å². The van der Waals surface area contributed by atoms with E-state index in [1.165, 1.54) is 19.4 Å². The minimum atomic E-state index is 0.0722. The molecule has 20 heavy (non-hydrogen) atoms. The molecule has 0 bridgehead atoms. The highest BCUT2D eigenvalue weighted by Gasteiger charge is 2.36. The van der Waals surface area contributed by atoms with Gasteiger partial charge in [0.25, 0.3) is 5.91 Å². The molecular formula is C14H21N5O. The number of amides is 1. The lowest BCUT2D eigenvalue weighted by Crippen LogP contribution is -2.56. The van der Waals surface area contributed by atoms with E-state index < -0.39 is 0 Å². The van der Waals surface area contributed by atoms with Crippen molar-refractivity contribution in [1.29, 1.82) is 0 Å². The summed E-state index contributed by atoms with van der Waals surface area (Å²) in [5.41, 5.74) is 3.13. The zero-order valence-electron chi connectivity index (χ0n) is 11.7. The molecule has 1 amide bonds. The zero-order chi connectivity index (χ0) is 14.1. The van der Waals surface area contributed by atoms with Gasteiger partial charge in [-0.15, -0.1) is 0 Å². The van der Waals surface area contributed by atoms with Crippen molar-refractivity contribution in [2.45, 2.75) is 31.8 Å². The number of nitrogens with two attached hydrogens (primary N) is 1. The van der Waals surface area contributed by atoms with Gasteiger partial charge in [-0.1, -0.05) is 0 Å². The van der Waals surface area contributed by atoms with Crippen LogP contribution in [-0.4, -0.2) is 52.4 Å². The summed E-state index contributed by atoms with van der Waals surface area (Å²) < 4.78 is 0. The first kappa shape index (κ1) is 13.3. The maximum atomic E-state index is 12.7. The number of rotatable bonds is 2. The maximum Gasteiger partial charge on any atom is 0.254 e. The normalized spacial score (nSPS) is 26.4. The molecule has 6 nitrogen and oxygen atoms in total. The Morgan fingerprint density at radius 2 is 2.35 bits per heavy atom. The summed E-state index contributed by atoms with van der Waals surface area (Å²) in [6, 6.07) is 4.23. The van der Waals surface area contributed by atoms with E-state index in [1.807, 2.05) is 4.90 Å². The second kappa shape index (κ2) is 5.38. The molecule has 1 aromatic heterocycles. The summed E-state index contributed by atoms with van der Waals surface area (Å²) in [5.74, 6) is 5.94. The number of hydrogen-bond donors (Lipinski definition) is 2. The molecule has 2 fully saturated rings. The van der Waals surface area contributed by atoms with Crippen LogP contribution >= 0.6 is 0 Å². The van der Waals surface area contributed by atoms with Gasteiger partial charge in [-0.2, -0.15) is 0 Å². The summed E-state index contributed by atoms with van der Waals surface area (Å²) in [4.78, 5) is 21.2. The van der Waals surface area contributed by atoms with Gasteiger partial charge in [-0.25, -0.2) is 10.8 Å². The molecule has 108 valence electrons. The van der Waals surface area contributed by atoms with Crippen LogP contribution in [0.25, 0.3) is 0 Å². The maximum absolute atomic E-state index is 12.7. The van der Waals surface area contributed by atoms with Crippen molar-refractivity contribution in [3.8, 4) is 0 Å². The van der Waals surface area contributed by atoms with Crippen molar-refractivity contribution in [3.05, 3.63) is 23.9 Å². The molecule has 3 N–H and O–H groups in total. The molecule has 0 aromatic carbocycles. The monoisotopic (exact) mass is 275 g/mol. The van der Waals surface area contributed by atoms with E-state index in [2.05, 4.69) is 22.2 Å². The van der Waals surface area contributed by atoms with Gasteiger partial charge >= 0.3 is 0 Å². The minimum Gasteiger partial charge on any atom is -0.333 e. The molecule has 0 spiro atoms. The highest BCUT2D eigenvalue weighted by atomic mass is 16.2. The molecule has 2 unspecified atom stereocenters. The van der Waals surface area contributed by atoms with E-state index in [1.54, 1.807) is 18.3 Å². The largest absolute Gasteiger partial charge is 0.333 e. The van der Waals surface area contributed by atoms with Crippen LogP contribution in [0.5, 0.6) is 0 Å². The number of nitrogens with zero attached hydrogens (tertiary/aromatic N) is 3. The third-order valence-corrected chi connectivity index (χ3v) is 4.35. The first-order valence-corrected chi connectivity index (χ1v) is 7.16. The molecule has 2 atom stereocenters. The quantitative estimate of drug-likeness (QED) is 0.613. The van der Waals surface area contributed by atoms with E-state index >= 15 is 0 Å². The van der Waals surface area contributed by atoms with Crippen LogP contribution in [0.1, 0.15) is 30.1 Å². The Morgan fingerprint density at radius 3 is 3.15 bits per heavy atom. The number of aromatic nitrogens is 1. The summed E-state index contributed by atoms with van der Waals surface area (Å²) in [6.45, 7) is 5.10. The first-order chi connectivity index (χ1) is 9.69. The van der Waals surface area contributed by atoms with Gasteiger partial charge in [-0.05, 0) is 38.4 Å². The van der Waals surface area contributed by atoms with Gasteiger partial charge in [0.05, 0.1) is 0 Å². The lowest BCUT2D eigenvalue weighted by atomic mass is 10.1. The Balaban J connectivity index is 1.78. The van der Waals surface area contributed by atoms with E-state index in [0.29, 0.717) is 17.4 Å². The Hall–Kier alpha value is -1.66. The number of hydrazine groups is 1. The summed E-state index contributed by atoms with van der Waals surface area (Å²) in [5, 5.41) is 0. The number of carbonyl (C=O) groups is 1. The first-order valence-electron chi connectivity index (χ1n) is 7.16. The van der Waals surface area contributed by atoms with Crippen molar-refractivity contribution >= 4 is 11.7 Å². The smallest absolute Gasteiger partial charge is 0.254 e. The summed E-state index contributed by atoms with van der Waals surface area (Å²) in [7, 11) is 0. The second-order valence-corrected chi connectivity index (χ2v) is 5.67. The van der Waals surface area contributed by atoms with Gasteiger partial charge < -0.3 is 10.3 Å². The van der Waals surface area contributed by atoms with Crippen LogP contribution in [0, 0.1) is 0 Å². The van der Waals surface area contributed by atoms with Crippen molar-refractivity contribution in [2.75, 3.05) is 25.1 Å². The van der Waals surface area contributed by atoms with E-state index in [0.717, 1.165) is 13.1 Å². The number of piperazine rings is 1. The fourth-order valence-corrected chi connectivity index (χ4v) is 3.28. The molecule has 0 saturated carbocycles. The summed E-state index contributed by atoms with van der Waals surface area (Å²) >= 11 is 0. The number of pyridine rings is 1. The molecule has 1 aromatic rings. The van der Waals surface area contributed by atoms with Gasteiger partial charge in [0.1, 0.15) is 5.82 Å². The number of anilines is 1. The molecular weight excluding hydrogens is 254 g/mol. The molecule has 2 aliphatic heterocycles. The Kier molecular flexibility index (Phi) is 3.58. The number of nitrogens with one attached hydrogen (secondary N) is 1. The van der Waals surface area contributed by atoms with Gasteiger partial charge in [-0.3, -0.25) is 9.69 Å². The predicted molar refractivity (Wildman–Crippen MR) is 77.1 cm³/mol. The van der Waals surface area contributed by atoms with Crippen molar-refractivity contribution < 1.29 is 4.79 Å². The highest BCUT2D eigenvalue weighted by Crippen LogP contribution is 2.25. The van der Waals surface area contributed by atoms with E-state index in [4.69, 9.17) is 5.84 Å². The molecule has 0 radical (unpaired) electrons.